The number of rotatable bonds is 4. The van der Waals surface area contributed by atoms with E-state index in [2.05, 4.69) is 54.1 Å². The zero-order valence-electron chi connectivity index (χ0n) is 11.9. The third kappa shape index (κ3) is 2.76. The Balaban J connectivity index is 2.43. The molecular weight excluding hydrogens is 234 g/mol. The Bertz CT molecular complexity index is 564. The number of aromatic nitrogens is 1. The van der Waals surface area contributed by atoms with Crippen LogP contribution in [0.1, 0.15) is 23.7 Å². The van der Waals surface area contributed by atoms with Gasteiger partial charge in [0.2, 0.25) is 0 Å². The molecular formula is C16H21N3. The normalized spacial score (nSPS) is 10.5. The van der Waals surface area contributed by atoms with E-state index in [0.717, 1.165) is 23.6 Å². The highest BCUT2D eigenvalue weighted by atomic mass is 15.2. The second kappa shape index (κ2) is 5.85. The van der Waals surface area contributed by atoms with Crippen molar-refractivity contribution in [1.29, 1.82) is 0 Å². The summed E-state index contributed by atoms with van der Waals surface area (Å²) in [5.41, 5.74) is 10.3. The minimum Gasteiger partial charge on any atom is -0.326 e. The van der Waals surface area contributed by atoms with E-state index < -0.39 is 0 Å². The van der Waals surface area contributed by atoms with E-state index in [1.165, 1.54) is 11.3 Å². The molecule has 0 bridgehead atoms. The molecule has 19 heavy (non-hydrogen) atoms. The number of anilines is 2. The minimum absolute atomic E-state index is 0.537. The van der Waals surface area contributed by atoms with Gasteiger partial charge in [-0.15, -0.1) is 0 Å². The Labute approximate surface area is 115 Å². The Morgan fingerprint density at radius 2 is 1.84 bits per heavy atom. The van der Waals surface area contributed by atoms with Crippen molar-refractivity contribution in [3.63, 3.8) is 0 Å². The lowest BCUT2D eigenvalue weighted by Crippen LogP contribution is -2.19. The summed E-state index contributed by atoms with van der Waals surface area (Å²) >= 11 is 0. The predicted octanol–water partition coefficient (Wildman–Crippen LogP) is 3.32. The molecule has 2 rings (SSSR count). The van der Waals surface area contributed by atoms with E-state index >= 15 is 0 Å². The maximum Gasteiger partial charge on any atom is 0.133 e. The minimum atomic E-state index is 0.537. The first kappa shape index (κ1) is 13.6. The number of nitrogens with zero attached hydrogens (tertiary/aromatic N) is 2. The molecule has 0 saturated carbocycles. The molecule has 1 aromatic heterocycles. The number of hydrogen-bond acceptors (Lipinski definition) is 3. The summed E-state index contributed by atoms with van der Waals surface area (Å²) in [4.78, 5) is 6.90. The molecule has 0 aliphatic carbocycles. The van der Waals surface area contributed by atoms with Crippen LogP contribution in [0.2, 0.25) is 0 Å². The second-order valence-corrected chi connectivity index (χ2v) is 4.65. The van der Waals surface area contributed by atoms with Crippen molar-refractivity contribution in [3.05, 3.63) is 53.2 Å². The fourth-order valence-corrected chi connectivity index (χ4v) is 2.26. The van der Waals surface area contributed by atoms with E-state index in [1.54, 1.807) is 0 Å². The summed E-state index contributed by atoms with van der Waals surface area (Å²) in [6.45, 7) is 7.70. The van der Waals surface area contributed by atoms with Crippen molar-refractivity contribution in [2.24, 2.45) is 5.73 Å². The highest BCUT2D eigenvalue weighted by molar-refractivity contribution is 5.63. The van der Waals surface area contributed by atoms with E-state index in [-0.39, 0.29) is 0 Å². The molecule has 0 aliphatic heterocycles. The lowest BCUT2D eigenvalue weighted by Gasteiger charge is -2.24. The number of hydrogen-bond donors (Lipinski definition) is 1. The van der Waals surface area contributed by atoms with Crippen LogP contribution in [-0.4, -0.2) is 11.5 Å². The first-order valence-corrected chi connectivity index (χ1v) is 6.67. The van der Waals surface area contributed by atoms with Crippen molar-refractivity contribution in [2.75, 3.05) is 11.4 Å². The molecule has 2 aromatic rings. The maximum atomic E-state index is 5.69. The lowest BCUT2D eigenvalue weighted by molar-refractivity contribution is 0.948. The van der Waals surface area contributed by atoms with Crippen LogP contribution in [0.4, 0.5) is 11.5 Å². The van der Waals surface area contributed by atoms with Gasteiger partial charge in [0, 0.05) is 24.5 Å². The fraction of sp³-hybridized carbons (Fsp3) is 0.312. The van der Waals surface area contributed by atoms with Gasteiger partial charge in [0.25, 0.3) is 0 Å². The average molecular weight is 255 g/mol. The Hall–Kier alpha value is -1.87. The molecule has 0 spiro atoms. The Morgan fingerprint density at radius 3 is 2.42 bits per heavy atom. The molecule has 1 heterocycles. The smallest absolute Gasteiger partial charge is 0.133 e. The molecule has 0 saturated heterocycles. The molecule has 0 unspecified atom stereocenters. The van der Waals surface area contributed by atoms with Gasteiger partial charge >= 0.3 is 0 Å². The second-order valence-electron chi connectivity index (χ2n) is 4.65. The van der Waals surface area contributed by atoms with Gasteiger partial charge in [0.05, 0.1) is 0 Å². The van der Waals surface area contributed by atoms with Crippen LogP contribution in [-0.2, 0) is 6.54 Å². The average Bonchev–Trinajstić information content (AvgIpc) is 2.42. The summed E-state index contributed by atoms with van der Waals surface area (Å²) in [5.74, 6) is 0.978. The molecule has 0 aliphatic rings. The number of para-hydroxylation sites is 1. The summed E-state index contributed by atoms with van der Waals surface area (Å²) in [5, 5.41) is 0. The van der Waals surface area contributed by atoms with Gasteiger partial charge in [-0.25, -0.2) is 4.98 Å². The highest BCUT2D eigenvalue weighted by Gasteiger charge is 2.11. The van der Waals surface area contributed by atoms with Crippen molar-refractivity contribution < 1.29 is 0 Å². The lowest BCUT2D eigenvalue weighted by atomic mass is 10.1. The van der Waals surface area contributed by atoms with E-state index in [4.69, 9.17) is 5.73 Å². The summed E-state index contributed by atoms with van der Waals surface area (Å²) in [7, 11) is 0. The van der Waals surface area contributed by atoms with E-state index in [1.807, 2.05) is 13.0 Å². The molecule has 0 fully saturated rings. The standard InChI is InChI=1S/C16H21N3/c1-4-19(15-8-6-5-7-12(15)2)16-10-9-14(11-17)13(3)18-16/h5-10H,4,11,17H2,1-3H3. The van der Waals surface area contributed by atoms with Gasteiger partial charge in [-0.2, -0.15) is 0 Å². The van der Waals surface area contributed by atoms with Crippen molar-refractivity contribution >= 4 is 11.5 Å². The third-order valence-electron chi connectivity index (χ3n) is 3.40. The molecule has 0 amide bonds. The predicted molar refractivity (Wildman–Crippen MR) is 80.7 cm³/mol. The fourth-order valence-electron chi connectivity index (χ4n) is 2.26. The van der Waals surface area contributed by atoms with E-state index in [0.29, 0.717) is 6.54 Å². The van der Waals surface area contributed by atoms with Gasteiger partial charge in [-0.1, -0.05) is 24.3 Å². The molecule has 100 valence electrons. The first-order chi connectivity index (χ1) is 9.17. The monoisotopic (exact) mass is 255 g/mol. The van der Waals surface area contributed by atoms with Crippen LogP contribution in [0, 0.1) is 13.8 Å². The maximum absolute atomic E-state index is 5.69. The Kier molecular flexibility index (Phi) is 4.17. The zero-order chi connectivity index (χ0) is 13.8. The van der Waals surface area contributed by atoms with Gasteiger partial charge in [-0.3, -0.25) is 0 Å². The molecule has 3 heteroatoms. The number of pyridine rings is 1. The van der Waals surface area contributed by atoms with Crippen molar-refractivity contribution in [3.8, 4) is 0 Å². The zero-order valence-corrected chi connectivity index (χ0v) is 11.9. The van der Waals surface area contributed by atoms with Crippen LogP contribution in [0.15, 0.2) is 36.4 Å². The van der Waals surface area contributed by atoms with Gasteiger partial charge in [0.1, 0.15) is 5.82 Å². The summed E-state index contributed by atoms with van der Waals surface area (Å²) in [6.07, 6.45) is 0. The van der Waals surface area contributed by atoms with Gasteiger partial charge in [-0.05, 0) is 44.0 Å². The third-order valence-corrected chi connectivity index (χ3v) is 3.40. The van der Waals surface area contributed by atoms with Gasteiger partial charge in [0.15, 0.2) is 0 Å². The van der Waals surface area contributed by atoms with Crippen LogP contribution in [0.25, 0.3) is 0 Å². The molecule has 0 atom stereocenters. The van der Waals surface area contributed by atoms with Crippen molar-refractivity contribution in [2.45, 2.75) is 27.3 Å². The Morgan fingerprint density at radius 1 is 1.11 bits per heavy atom. The largest absolute Gasteiger partial charge is 0.326 e. The number of nitrogens with two attached hydrogens (primary N) is 1. The SMILES string of the molecule is CCN(c1ccc(CN)c(C)n1)c1ccccc1C. The molecule has 2 N–H and O–H groups in total. The number of benzene rings is 1. The molecule has 1 aromatic carbocycles. The van der Waals surface area contributed by atoms with Gasteiger partial charge < -0.3 is 10.6 Å². The number of aryl methyl sites for hydroxylation is 2. The van der Waals surface area contributed by atoms with Crippen LogP contribution >= 0.6 is 0 Å². The summed E-state index contributed by atoms with van der Waals surface area (Å²) in [6, 6.07) is 12.5. The first-order valence-electron chi connectivity index (χ1n) is 6.67. The van der Waals surface area contributed by atoms with Crippen molar-refractivity contribution in [1.82, 2.24) is 4.98 Å². The van der Waals surface area contributed by atoms with E-state index in [9.17, 15) is 0 Å². The van der Waals surface area contributed by atoms with Crippen LogP contribution < -0.4 is 10.6 Å². The highest BCUT2D eigenvalue weighted by Crippen LogP contribution is 2.27. The topological polar surface area (TPSA) is 42.1 Å². The molecule has 3 nitrogen and oxygen atoms in total. The quantitative estimate of drug-likeness (QED) is 0.911. The molecule has 0 radical (unpaired) electrons. The summed E-state index contributed by atoms with van der Waals surface area (Å²) < 4.78 is 0. The van der Waals surface area contributed by atoms with Crippen LogP contribution in [0.5, 0.6) is 0 Å². The van der Waals surface area contributed by atoms with Crippen LogP contribution in [0.3, 0.4) is 0 Å².